The van der Waals surface area contributed by atoms with Crippen LogP contribution in [0.2, 0.25) is 0 Å². The second kappa shape index (κ2) is 51.3. The van der Waals surface area contributed by atoms with Crippen LogP contribution in [0.4, 0.5) is 0 Å². The zero-order chi connectivity index (χ0) is 85.9. The number of carbonyl (C=O) groups is 15. The number of hydrogen-bond acceptors (Lipinski definition) is 25. The van der Waals surface area contributed by atoms with Crippen molar-refractivity contribution in [2.75, 3.05) is 32.7 Å². The Morgan fingerprint density at radius 2 is 1.08 bits per heavy atom. The molecule has 1 aromatic rings. The fourth-order valence-corrected chi connectivity index (χ4v) is 13.5. The minimum Gasteiger partial charge on any atom is -0.508 e. The lowest BCUT2D eigenvalue weighted by Gasteiger charge is -2.34. The first-order valence-electron chi connectivity index (χ1n) is 39.9. The lowest BCUT2D eigenvalue weighted by Crippen LogP contribution is -2.64. The van der Waals surface area contributed by atoms with Crippen molar-refractivity contribution in [3.05, 3.63) is 29.8 Å². The van der Waals surface area contributed by atoms with E-state index < -0.39 is 243 Å². The molecule has 656 valence electrons. The van der Waals surface area contributed by atoms with Gasteiger partial charge in [0.05, 0.1) is 62.1 Å². The first kappa shape index (κ1) is 101. The molecule has 3 saturated heterocycles. The molecule has 0 aromatic heterocycles. The Hall–Kier alpha value is -8.96. The maximum Gasteiger partial charge on any atom is 0.328 e. The minimum atomic E-state index is -2.24. The molecule has 0 spiro atoms. The molecule has 0 saturated carbocycles. The van der Waals surface area contributed by atoms with Gasteiger partial charge in [-0.1, -0.05) is 97.1 Å². The van der Waals surface area contributed by atoms with Crippen molar-refractivity contribution in [3.63, 3.8) is 0 Å². The van der Waals surface area contributed by atoms with E-state index in [9.17, 15) is 113 Å². The number of rotatable bonds is 30. The molecule has 0 unspecified atom stereocenters. The molecule has 0 radical (unpaired) electrons. The van der Waals surface area contributed by atoms with Gasteiger partial charge in [-0.05, 0) is 110 Å². The SMILES string of the molecule is CCCCCCCCCCCCC[C@@H]1CC(=O)N[C@H]([C@@H](C)O)C(=O)N[C@H](C)C(=O)N[C@@H](Cc2ccc(O)cc2)C(=O)N[C@@H](C(C)C)C(=O)N2C[C@H](O)C[C@H]2C(=O)N[C@H]([C@@H](C)O)C(=O)N[C@@H]([C@@H](C)O)C(=O)N2CC[C@H](O)[C@H]2C(=O)N[C@@H]([C@H](O)CC(N)=O)C(=O)NCC(=O)N[C@H]([C@@H](C)O)C(=O)N[C@@H](CCCNC(=O)CCCCN)C(=O)O1.Cl. The number of aliphatic hydroxyl groups excluding tert-OH is 7. The van der Waals surface area contributed by atoms with Gasteiger partial charge in [-0.2, -0.15) is 0 Å². The predicted molar refractivity (Wildman–Crippen MR) is 419 cm³/mol. The third kappa shape index (κ3) is 33.6. The van der Waals surface area contributed by atoms with E-state index in [1.807, 2.05) is 0 Å². The van der Waals surface area contributed by atoms with Crippen LogP contribution in [0.5, 0.6) is 5.75 Å². The lowest BCUT2D eigenvalue weighted by atomic mass is 9.99. The number of aromatic hydroxyl groups is 1. The Labute approximate surface area is 681 Å². The highest BCUT2D eigenvalue weighted by molar-refractivity contribution is 6.00. The molecular formula is C76H126ClN15O24. The summed E-state index contributed by atoms with van der Waals surface area (Å²) >= 11 is 0. The van der Waals surface area contributed by atoms with Crippen molar-refractivity contribution >= 4 is 101 Å². The number of benzene rings is 1. The summed E-state index contributed by atoms with van der Waals surface area (Å²) in [6.45, 7) is 8.90. The number of cyclic esters (lactones) is 1. The Balaban J connectivity index is 0.0000348. The van der Waals surface area contributed by atoms with Crippen LogP contribution < -0.4 is 70.0 Å². The van der Waals surface area contributed by atoms with Crippen LogP contribution in [0, 0.1) is 5.92 Å². The number of primary amides is 1. The van der Waals surface area contributed by atoms with E-state index in [0.29, 0.717) is 42.7 Å². The maximum atomic E-state index is 14.8. The first-order chi connectivity index (χ1) is 54.3. The summed E-state index contributed by atoms with van der Waals surface area (Å²) in [7, 11) is 0. The Morgan fingerprint density at radius 1 is 0.560 bits per heavy atom. The standard InChI is InChI=1S/C76H125N15O24.ClH/c1-9-10-11-12-13-14-15-16-17-18-19-23-49-36-57(102)84-60(42(5)92)70(108)81-41(4)66(104)83-51(34-46-26-28-47(96)29-27-46)67(105)86-59(40(2)3)74(112)91-39-48(97)35-52(91)68(106)87-62(44(7)94)72(110)88-63(45(8)95)75(113)90-33-30-53(98)65(90)73(111)89-64(54(99)37-55(78)100)69(107)80-38-58(103)85-61(43(6)93)71(109)82-50(76(114)115-49)24-22-32-79-56(101)25-20-21-31-77;/h26-29,40-45,48-54,59-65,92-99H,9-25,30-39,77H2,1-8H3,(H2,78,100)(H,79,101)(H,80,107)(H,81,108)(H,82,109)(H,83,104)(H,84,102)(H,85,103)(H,86,105)(H,87,106)(H,88,110)(H,89,111);1H/t41-,42-,43-,44-,45-,48-,49-,50+,51+,52+,53+,54-,59+,60-,61-,62-,63+,64+,65+;/m1./s1. The molecule has 3 heterocycles. The highest BCUT2D eigenvalue weighted by Crippen LogP contribution is 2.25. The Kier molecular flexibility index (Phi) is 44.8. The summed E-state index contributed by atoms with van der Waals surface area (Å²) in [5, 5.41) is 114. The number of amides is 14. The van der Waals surface area contributed by atoms with E-state index in [2.05, 4.69) is 65.4 Å². The van der Waals surface area contributed by atoms with E-state index in [0.717, 1.165) is 90.4 Å². The Bertz CT molecular complexity index is 3410. The number of ether oxygens (including phenoxy) is 1. The predicted octanol–water partition coefficient (Wildman–Crippen LogP) is -4.76. The van der Waals surface area contributed by atoms with Gasteiger partial charge < -0.3 is 125 Å². The molecular weight excluding hydrogens is 1540 g/mol. The molecule has 3 aliphatic heterocycles. The van der Waals surface area contributed by atoms with Crippen LogP contribution in [0.3, 0.4) is 0 Å². The highest BCUT2D eigenvalue weighted by atomic mass is 35.5. The molecule has 19 atom stereocenters. The van der Waals surface area contributed by atoms with Gasteiger partial charge >= 0.3 is 5.97 Å². The van der Waals surface area contributed by atoms with Crippen LogP contribution in [0.15, 0.2) is 24.3 Å². The number of nitrogens with zero attached hydrogens (tertiary/aromatic N) is 2. The van der Waals surface area contributed by atoms with Crippen LogP contribution in [-0.4, -0.2) is 287 Å². The molecule has 1 aromatic carbocycles. The van der Waals surface area contributed by atoms with Gasteiger partial charge in [0.2, 0.25) is 82.7 Å². The number of fused-ring (bicyclic) bond motifs is 2. The lowest BCUT2D eigenvalue weighted by molar-refractivity contribution is -0.155. The summed E-state index contributed by atoms with van der Waals surface area (Å²) in [5.74, 6) is -17.8. The third-order valence-corrected chi connectivity index (χ3v) is 20.1. The fraction of sp³-hybridized carbons (Fsp3) is 0.724. The van der Waals surface area contributed by atoms with Crippen molar-refractivity contribution in [1.29, 1.82) is 0 Å². The number of carbonyl (C=O) groups excluding carboxylic acids is 15. The number of unbranched alkanes of at least 4 members (excludes halogenated alkanes) is 11. The average Bonchev–Trinajstić information content (AvgIpc) is 1.64. The molecule has 14 amide bonds. The van der Waals surface area contributed by atoms with E-state index >= 15 is 0 Å². The van der Waals surface area contributed by atoms with Crippen LogP contribution in [0.25, 0.3) is 0 Å². The second-order valence-electron chi connectivity index (χ2n) is 30.5. The van der Waals surface area contributed by atoms with E-state index in [4.69, 9.17) is 16.2 Å². The number of phenols is 1. The van der Waals surface area contributed by atoms with Gasteiger partial charge in [0, 0.05) is 38.9 Å². The van der Waals surface area contributed by atoms with Gasteiger partial charge in [0.25, 0.3) is 0 Å². The van der Waals surface area contributed by atoms with E-state index in [1.54, 1.807) is 0 Å². The van der Waals surface area contributed by atoms with Crippen LogP contribution >= 0.6 is 12.4 Å². The summed E-state index contributed by atoms with van der Waals surface area (Å²) in [6, 6.07) is -14.6. The largest absolute Gasteiger partial charge is 0.508 e. The molecule has 4 rings (SSSR count). The number of nitrogens with one attached hydrogen (secondary N) is 11. The van der Waals surface area contributed by atoms with Crippen molar-refractivity contribution in [3.8, 4) is 5.75 Å². The fourth-order valence-electron chi connectivity index (χ4n) is 13.5. The molecule has 39 nitrogen and oxygen atoms in total. The van der Waals surface area contributed by atoms with Crippen LogP contribution in [-0.2, 0) is 83.1 Å². The van der Waals surface area contributed by atoms with E-state index in [-0.39, 0.29) is 69.1 Å². The van der Waals surface area contributed by atoms with Gasteiger partial charge in [-0.15, -0.1) is 12.4 Å². The molecule has 3 aliphatic rings. The van der Waals surface area contributed by atoms with Gasteiger partial charge in [-0.3, -0.25) is 67.1 Å². The molecule has 3 fully saturated rings. The molecule has 23 N–H and O–H groups in total. The number of aliphatic hydroxyl groups is 7. The quantitative estimate of drug-likeness (QED) is 0.0254. The molecule has 0 aliphatic carbocycles. The summed E-state index contributed by atoms with van der Waals surface area (Å²) in [6.07, 6.45) is -5.55. The number of phenolic OH excluding ortho intramolecular Hbond substituents is 1. The molecule has 0 bridgehead atoms. The topological polar surface area (TPSA) is 618 Å². The van der Waals surface area contributed by atoms with E-state index in [1.165, 1.54) is 45.0 Å². The van der Waals surface area contributed by atoms with Crippen molar-refractivity contribution in [2.24, 2.45) is 17.4 Å². The zero-order valence-electron chi connectivity index (χ0n) is 67.5. The Morgan fingerprint density at radius 3 is 1.65 bits per heavy atom. The smallest absolute Gasteiger partial charge is 0.328 e. The van der Waals surface area contributed by atoms with Gasteiger partial charge in [-0.25, -0.2) is 4.79 Å². The first-order valence-corrected chi connectivity index (χ1v) is 39.9. The number of esters is 1. The highest BCUT2D eigenvalue weighted by Gasteiger charge is 2.48. The summed E-state index contributed by atoms with van der Waals surface area (Å²) in [5.41, 5.74) is 11.3. The van der Waals surface area contributed by atoms with Gasteiger partial charge in [0.1, 0.15) is 78.3 Å². The second-order valence-corrected chi connectivity index (χ2v) is 30.5. The van der Waals surface area contributed by atoms with Crippen molar-refractivity contribution in [2.45, 2.75) is 312 Å². The molecule has 116 heavy (non-hydrogen) atoms. The number of halogens is 1. The number of nitrogens with two attached hydrogens (primary N) is 2. The third-order valence-electron chi connectivity index (χ3n) is 20.1. The van der Waals surface area contributed by atoms with Crippen molar-refractivity contribution < 1.29 is 118 Å². The minimum absolute atomic E-state index is 0. The summed E-state index contributed by atoms with van der Waals surface area (Å²) < 4.78 is 6.03. The zero-order valence-corrected chi connectivity index (χ0v) is 68.3. The molecule has 40 heteroatoms. The van der Waals surface area contributed by atoms with Crippen molar-refractivity contribution in [1.82, 2.24) is 68.3 Å². The normalized spacial score (nSPS) is 26.9. The average molecular weight is 1670 g/mol. The van der Waals surface area contributed by atoms with Crippen LogP contribution in [0.1, 0.15) is 196 Å². The monoisotopic (exact) mass is 1670 g/mol. The number of hydrogen-bond donors (Lipinski definition) is 21. The maximum absolute atomic E-state index is 14.8. The summed E-state index contributed by atoms with van der Waals surface area (Å²) in [4.78, 5) is 213. The van der Waals surface area contributed by atoms with Gasteiger partial charge in [0.15, 0.2) is 0 Å².